The second-order valence-corrected chi connectivity index (χ2v) is 3.71. The molecule has 11 heavy (non-hydrogen) atoms. The number of rotatable bonds is 1. The molecular formula is C9H20O2. The van der Waals surface area contributed by atoms with Crippen molar-refractivity contribution in [2.75, 3.05) is 0 Å². The van der Waals surface area contributed by atoms with E-state index in [-0.39, 0.29) is 11.1 Å². The van der Waals surface area contributed by atoms with Gasteiger partial charge in [-0.25, -0.2) is 0 Å². The average Bonchev–Trinajstić information content (AvgIpc) is 1.87. The SMILES string of the molecule is CCC1CCCCC1(C)O.O. The normalized spacial score (nSPS) is 37.9. The van der Waals surface area contributed by atoms with Gasteiger partial charge in [-0.05, 0) is 25.7 Å². The number of hydrogen-bond acceptors (Lipinski definition) is 1. The van der Waals surface area contributed by atoms with Crippen LogP contribution in [0.15, 0.2) is 0 Å². The fourth-order valence-electron chi connectivity index (χ4n) is 2.03. The lowest BCUT2D eigenvalue weighted by Crippen LogP contribution is -2.36. The third-order valence-electron chi connectivity index (χ3n) is 2.86. The highest BCUT2D eigenvalue weighted by molar-refractivity contribution is 4.84. The van der Waals surface area contributed by atoms with Crippen LogP contribution in [0.2, 0.25) is 0 Å². The second-order valence-electron chi connectivity index (χ2n) is 3.71. The molecule has 1 aliphatic carbocycles. The minimum Gasteiger partial charge on any atom is -0.412 e. The Balaban J connectivity index is 0.000001000. The Hall–Kier alpha value is -0.0800. The van der Waals surface area contributed by atoms with Gasteiger partial charge in [0.05, 0.1) is 5.60 Å². The molecule has 0 radical (unpaired) electrons. The minimum absolute atomic E-state index is 0. The maximum absolute atomic E-state index is 9.83. The average molecular weight is 160 g/mol. The summed E-state index contributed by atoms with van der Waals surface area (Å²) in [5.41, 5.74) is -0.354. The van der Waals surface area contributed by atoms with Crippen LogP contribution in [0.4, 0.5) is 0 Å². The number of aliphatic hydroxyl groups is 1. The molecule has 1 fully saturated rings. The minimum atomic E-state index is -0.354. The molecule has 0 heterocycles. The molecule has 0 aromatic carbocycles. The van der Waals surface area contributed by atoms with Gasteiger partial charge in [-0.2, -0.15) is 0 Å². The molecule has 0 aromatic heterocycles. The number of hydrogen-bond donors (Lipinski definition) is 1. The first-order valence-electron chi connectivity index (χ1n) is 4.39. The van der Waals surface area contributed by atoms with E-state index in [4.69, 9.17) is 0 Å². The predicted octanol–water partition coefficient (Wildman–Crippen LogP) is 1.51. The Bertz CT molecular complexity index is 110. The monoisotopic (exact) mass is 160 g/mol. The van der Waals surface area contributed by atoms with Crippen LogP contribution in [0.3, 0.4) is 0 Å². The van der Waals surface area contributed by atoms with Crippen molar-refractivity contribution in [2.24, 2.45) is 5.92 Å². The van der Waals surface area contributed by atoms with Crippen LogP contribution in [0.5, 0.6) is 0 Å². The zero-order chi connectivity index (χ0) is 7.61. The Labute approximate surface area is 68.9 Å². The lowest BCUT2D eigenvalue weighted by Gasteiger charge is -2.36. The molecule has 0 bridgehead atoms. The summed E-state index contributed by atoms with van der Waals surface area (Å²) in [4.78, 5) is 0. The van der Waals surface area contributed by atoms with E-state index in [9.17, 15) is 5.11 Å². The predicted molar refractivity (Wildman–Crippen MR) is 46.5 cm³/mol. The summed E-state index contributed by atoms with van der Waals surface area (Å²) in [6.45, 7) is 4.16. The first-order chi connectivity index (χ1) is 4.67. The Morgan fingerprint density at radius 2 is 2.09 bits per heavy atom. The van der Waals surface area contributed by atoms with Crippen molar-refractivity contribution >= 4 is 0 Å². The van der Waals surface area contributed by atoms with Gasteiger partial charge in [0.1, 0.15) is 0 Å². The molecule has 1 saturated carbocycles. The lowest BCUT2D eigenvalue weighted by atomic mass is 9.75. The van der Waals surface area contributed by atoms with Crippen molar-refractivity contribution in [3.05, 3.63) is 0 Å². The van der Waals surface area contributed by atoms with E-state index in [1.165, 1.54) is 19.3 Å². The smallest absolute Gasteiger partial charge is 0.0647 e. The zero-order valence-electron chi connectivity index (χ0n) is 7.56. The van der Waals surface area contributed by atoms with Crippen molar-refractivity contribution in [1.82, 2.24) is 0 Å². The van der Waals surface area contributed by atoms with Crippen LogP contribution < -0.4 is 0 Å². The second kappa shape index (κ2) is 4.07. The fraction of sp³-hybridized carbons (Fsp3) is 1.00. The Morgan fingerprint density at radius 3 is 2.45 bits per heavy atom. The summed E-state index contributed by atoms with van der Waals surface area (Å²) in [6.07, 6.45) is 5.89. The zero-order valence-corrected chi connectivity index (χ0v) is 7.56. The molecule has 0 saturated heterocycles. The van der Waals surface area contributed by atoms with Gasteiger partial charge in [0.15, 0.2) is 0 Å². The van der Waals surface area contributed by atoms with Crippen LogP contribution in [0.25, 0.3) is 0 Å². The van der Waals surface area contributed by atoms with E-state index in [1.54, 1.807) is 0 Å². The quantitative estimate of drug-likeness (QED) is 0.621. The van der Waals surface area contributed by atoms with Gasteiger partial charge in [-0.1, -0.05) is 26.2 Å². The van der Waals surface area contributed by atoms with Crippen molar-refractivity contribution in [1.29, 1.82) is 0 Å². The largest absolute Gasteiger partial charge is 0.412 e. The standard InChI is InChI=1S/C9H18O.H2O/c1-3-8-6-4-5-7-9(8,2)10;/h8,10H,3-7H2,1-2H3;1H2. The molecule has 0 aliphatic heterocycles. The van der Waals surface area contributed by atoms with Crippen molar-refractivity contribution in [2.45, 2.75) is 51.6 Å². The summed E-state index contributed by atoms with van der Waals surface area (Å²) in [7, 11) is 0. The highest BCUT2D eigenvalue weighted by Gasteiger charge is 2.32. The third kappa shape index (κ3) is 2.46. The summed E-state index contributed by atoms with van der Waals surface area (Å²) >= 11 is 0. The van der Waals surface area contributed by atoms with Gasteiger partial charge in [0.2, 0.25) is 0 Å². The van der Waals surface area contributed by atoms with Gasteiger partial charge in [0.25, 0.3) is 0 Å². The molecular weight excluding hydrogens is 140 g/mol. The van der Waals surface area contributed by atoms with Crippen LogP contribution >= 0.6 is 0 Å². The third-order valence-corrected chi connectivity index (χ3v) is 2.86. The molecule has 2 unspecified atom stereocenters. The summed E-state index contributed by atoms with van der Waals surface area (Å²) in [6, 6.07) is 0. The molecule has 1 rings (SSSR count). The molecule has 2 atom stereocenters. The highest BCUT2D eigenvalue weighted by atomic mass is 16.3. The molecule has 0 aromatic rings. The first kappa shape index (κ1) is 10.9. The van der Waals surface area contributed by atoms with Crippen molar-refractivity contribution < 1.29 is 10.6 Å². The maximum Gasteiger partial charge on any atom is 0.0647 e. The van der Waals surface area contributed by atoms with E-state index in [2.05, 4.69) is 6.92 Å². The van der Waals surface area contributed by atoms with Crippen molar-refractivity contribution in [3.63, 3.8) is 0 Å². The van der Waals surface area contributed by atoms with E-state index >= 15 is 0 Å². The van der Waals surface area contributed by atoms with Crippen LogP contribution in [-0.2, 0) is 0 Å². The molecule has 1 aliphatic rings. The maximum atomic E-state index is 9.83. The molecule has 2 heteroatoms. The Morgan fingerprint density at radius 1 is 1.45 bits per heavy atom. The first-order valence-corrected chi connectivity index (χ1v) is 4.39. The molecule has 68 valence electrons. The van der Waals surface area contributed by atoms with E-state index in [1.807, 2.05) is 6.92 Å². The molecule has 0 spiro atoms. The van der Waals surface area contributed by atoms with E-state index in [0.29, 0.717) is 5.92 Å². The summed E-state index contributed by atoms with van der Waals surface area (Å²) in [5.74, 6) is 0.557. The van der Waals surface area contributed by atoms with Gasteiger partial charge >= 0.3 is 0 Å². The summed E-state index contributed by atoms with van der Waals surface area (Å²) in [5, 5.41) is 9.83. The van der Waals surface area contributed by atoms with Crippen LogP contribution in [0, 0.1) is 5.92 Å². The highest BCUT2D eigenvalue weighted by Crippen LogP contribution is 2.34. The lowest BCUT2D eigenvalue weighted by molar-refractivity contribution is -0.0329. The molecule has 2 nitrogen and oxygen atoms in total. The fourth-order valence-corrected chi connectivity index (χ4v) is 2.03. The van der Waals surface area contributed by atoms with Gasteiger partial charge in [-0.3, -0.25) is 0 Å². The van der Waals surface area contributed by atoms with Crippen molar-refractivity contribution in [3.8, 4) is 0 Å². The van der Waals surface area contributed by atoms with Gasteiger partial charge < -0.3 is 10.6 Å². The van der Waals surface area contributed by atoms with E-state index in [0.717, 1.165) is 12.8 Å². The van der Waals surface area contributed by atoms with Gasteiger partial charge in [-0.15, -0.1) is 0 Å². The van der Waals surface area contributed by atoms with Crippen LogP contribution in [0.1, 0.15) is 46.0 Å². The van der Waals surface area contributed by atoms with Gasteiger partial charge in [0, 0.05) is 0 Å². The molecule has 3 N–H and O–H groups in total. The van der Waals surface area contributed by atoms with Crippen LogP contribution in [-0.4, -0.2) is 16.2 Å². The summed E-state index contributed by atoms with van der Waals surface area (Å²) < 4.78 is 0. The van der Waals surface area contributed by atoms with E-state index < -0.39 is 0 Å². The topological polar surface area (TPSA) is 51.7 Å². The molecule has 0 amide bonds. The Kier molecular flexibility index (Phi) is 4.04.